The second-order valence-electron chi connectivity index (χ2n) is 2.86. The summed E-state index contributed by atoms with van der Waals surface area (Å²) in [7, 11) is 0. The fraction of sp³-hybridized carbons (Fsp3) is 0.375. The molecule has 14 heavy (non-hydrogen) atoms. The van der Waals surface area contributed by atoms with Gasteiger partial charge in [-0.25, -0.2) is 4.79 Å². The Labute approximate surface area is 80.9 Å². The predicted octanol–water partition coefficient (Wildman–Crippen LogP) is -1.13. The van der Waals surface area contributed by atoms with Gasteiger partial charge in [-0.2, -0.15) is 0 Å². The Morgan fingerprint density at radius 2 is 2.43 bits per heavy atom. The summed E-state index contributed by atoms with van der Waals surface area (Å²) >= 11 is 0. The third kappa shape index (κ3) is 1.82. The van der Waals surface area contributed by atoms with E-state index in [0.29, 0.717) is 0 Å². The van der Waals surface area contributed by atoms with Crippen molar-refractivity contribution in [1.82, 2.24) is 10.2 Å². The second kappa shape index (κ2) is 3.79. The average molecular weight is 194 g/mol. The summed E-state index contributed by atoms with van der Waals surface area (Å²) in [6, 6.07) is -1.10. The fourth-order valence-electron chi connectivity index (χ4n) is 1.25. The second-order valence-corrected chi connectivity index (χ2v) is 2.86. The van der Waals surface area contributed by atoms with E-state index in [2.05, 4.69) is 11.2 Å². The van der Waals surface area contributed by atoms with Crippen molar-refractivity contribution in [1.29, 1.82) is 5.41 Å². The molecule has 74 valence electrons. The third-order valence-corrected chi connectivity index (χ3v) is 1.87. The fourth-order valence-corrected chi connectivity index (χ4v) is 1.25. The van der Waals surface area contributed by atoms with Crippen LogP contribution < -0.4 is 11.1 Å². The molecule has 1 unspecified atom stereocenters. The van der Waals surface area contributed by atoms with Crippen molar-refractivity contribution in [3.05, 3.63) is 0 Å². The molecule has 0 aromatic heterocycles. The SMILES string of the molecule is C#CCN1C(=O)NC(=N)C1CC(N)=O. The molecule has 6 heteroatoms. The summed E-state index contributed by atoms with van der Waals surface area (Å²) in [6.07, 6.45) is 4.97. The van der Waals surface area contributed by atoms with Crippen LogP contribution in [0.3, 0.4) is 0 Å². The Balaban J connectivity index is 2.79. The lowest BCUT2D eigenvalue weighted by Gasteiger charge is -2.18. The van der Waals surface area contributed by atoms with Crippen LogP contribution in [-0.2, 0) is 4.79 Å². The summed E-state index contributed by atoms with van der Waals surface area (Å²) in [5, 5.41) is 9.66. The molecule has 0 bridgehead atoms. The number of hydrogen-bond acceptors (Lipinski definition) is 3. The largest absolute Gasteiger partial charge is 0.370 e. The van der Waals surface area contributed by atoms with Crippen LogP contribution in [0.15, 0.2) is 0 Å². The maximum Gasteiger partial charge on any atom is 0.324 e. The highest BCUT2D eigenvalue weighted by atomic mass is 16.2. The number of rotatable bonds is 3. The van der Waals surface area contributed by atoms with Crippen molar-refractivity contribution in [2.24, 2.45) is 5.73 Å². The number of primary amides is 1. The van der Waals surface area contributed by atoms with Crippen molar-refractivity contribution in [2.75, 3.05) is 6.54 Å². The molecular weight excluding hydrogens is 184 g/mol. The number of nitrogens with one attached hydrogen (secondary N) is 2. The predicted molar refractivity (Wildman–Crippen MR) is 49.4 cm³/mol. The maximum absolute atomic E-state index is 11.2. The van der Waals surface area contributed by atoms with Crippen molar-refractivity contribution < 1.29 is 9.59 Å². The molecule has 1 rings (SSSR count). The highest BCUT2D eigenvalue weighted by molar-refractivity contribution is 6.07. The third-order valence-electron chi connectivity index (χ3n) is 1.87. The minimum absolute atomic E-state index is 0.0379. The standard InChI is InChI=1S/C8H10N4O2/c1-2-3-12-5(4-6(9)13)7(10)11-8(12)14/h1,5H,3-4H2,(H2,9,13)(H2,10,11,14). The molecular formula is C8H10N4O2. The highest BCUT2D eigenvalue weighted by Gasteiger charge is 2.35. The van der Waals surface area contributed by atoms with Gasteiger partial charge in [0.05, 0.1) is 13.0 Å². The van der Waals surface area contributed by atoms with Gasteiger partial charge < -0.3 is 10.6 Å². The van der Waals surface area contributed by atoms with E-state index in [1.807, 2.05) is 0 Å². The van der Waals surface area contributed by atoms with Crippen LogP contribution in [0.4, 0.5) is 4.79 Å². The van der Waals surface area contributed by atoms with E-state index < -0.39 is 18.0 Å². The molecule has 0 spiro atoms. The van der Waals surface area contributed by atoms with Crippen LogP contribution in [0.25, 0.3) is 0 Å². The lowest BCUT2D eigenvalue weighted by Crippen LogP contribution is -2.38. The molecule has 6 nitrogen and oxygen atoms in total. The summed E-state index contributed by atoms with van der Waals surface area (Å²) in [5.74, 6) is 1.67. The molecule has 0 saturated carbocycles. The molecule has 1 fully saturated rings. The summed E-state index contributed by atoms with van der Waals surface area (Å²) in [6.45, 7) is 0.0617. The van der Waals surface area contributed by atoms with E-state index in [9.17, 15) is 9.59 Å². The van der Waals surface area contributed by atoms with E-state index in [-0.39, 0.29) is 18.8 Å². The van der Waals surface area contributed by atoms with Gasteiger partial charge in [-0.1, -0.05) is 5.92 Å². The summed E-state index contributed by atoms with van der Waals surface area (Å²) in [5.41, 5.74) is 4.99. The van der Waals surface area contributed by atoms with Gasteiger partial charge in [0.25, 0.3) is 0 Å². The zero-order chi connectivity index (χ0) is 10.7. The van der Waals surface area contributed by atoms with E-state index in [1.165, 1.54) is 4.90 Å². The van der Waals surface area contributed by atoms with Gasteiger partial charge >= 0.3 is 6.03 Å². The number of hydrogen-bond donors (Lipinski definition) is 3. The lowest BCUT2D eigenvalue weighted by atomic mass is 10.2. The monoisotopic (exact) mass is 194 g/mol. The number of carbonyl (C=O) groups excluding carboxylic acids is 2. The molecule has 0 aliphatic carbocycles. The molecule has 1 aliphatic rings. The molecule has 1 saturated heterocycles. The quantitative estimate of drug-likeness (QED) is 0.495. The number of terminal acetylenes is 1. The van der Waals surface area contributed by atoms with Crippen molar-refractivity contribution >= 4 is 17.8 Å². The number of carbonyl (C=O) groups is 2. The molecule has 1 aliphatic heterocycles. The van der Waals surface area contributed by atoms with Crippen molar-refractivity contribution in [3.8, 4) is 12.3 Å². The Hall–Kier alpha value is -2.03. The number of amidine groups is 1. The first-order valence-corrected chi connectivity index (χ1v) is 3.94. The van der Waals surface area contributed by atoms with Gasteiger partial charge in [-0.15, -0.1) is 6.42 Å². The van der Waals surface area contributed by atoms with Crippen LogP contribution in [-0.4, -0.2) is 35.3 Å². The molecule has 1 heterocycles. The zero-order valence-corrected chi connectivity index (χ0v) is 7.41. The van der Waals surface area contributed by atoms with Gasteiger partial charge in [0, 0.05) is 0 Å². The minimum Gasteiger partial charge on any atom is -0.370 e. The Bertz CT molecular complexity index is 331. The number of nitrogens with two attached hydrogens (primary N) is 1. The first-order valence-electron chi connectivity index (χ1n) is 3.94. The van der Waals surface area contributed by atoms with E-state index in [0.717, 1.165) is 0 Å². The van der Waals surface area contributed by atoms with Gasteiger partial charge in [-0.3, -0.25) is 15.5 Å². The van der Waals surface area contributed by atoms with Crippen molar-refractivity contribution in [2.45, 2.75) is 12.5 Å². The number of urea groups is 1. The van der Waals surface area contributed by atoms with Crippen LogP contribution in [0.1, 0.15) is 6.42 Å². The molecule has 4 N–H and O–H groups in total. The molecule has 3 amide bonds. The molecule has 0 aromatic rings. The van der Waals surface area contributed by atoms with E-state index in [1.54, 1.807) is 0 Å². The first-order chi connectivity index (χ1) is 6.56. The average Bonchev–Trinajstić information content (AvgIpc) is 2.31. The Kier molecular flexibility index (Phi) is 2.72. The summed E-state index contributed by atoms with van der Waals surface area (Å²) in [4.78, 5) is 23.1. The van der Waals surface area contributed by atoms with Crippen LogP contribution in [0, 0.1) is 17.8 Å². The van der Waals surface area contributed by atoms with Crippen molar-refractivity contribution in [3.63, 3.8) is 0 Å². The minimum atomic E-state index is -0.643. The van der Waals surface area contributed by atoms with Gasteiger partial charge in [0.1, 0.15) is 11.9 Å². The van der Waals surface area contributed by atoms with Gasteiger partial charge in [0.2, 0.25) is 5.91 Å². The first kappa shape index (κ1) is 10.1. The summed E-state index contributed by atoms with van der Waals surface area (Å²) < 4.78 is 0. The normalized spacial score (nSPS) is 20.5. The molecule has 1 atom stereocenters. The van der Waals surface area contributed by atoms with E-state index in [4.69, 9.17) is 17.6 Å². The molecule has 0 aromatic carbocycles. The smallest absolute Gasteiger partial charge is 0.324 e. The highest BCUT2D eigenvalue weighted by Crippen LogP contribution is 2.11. The van der Waals surface area contributed by atoms with E-state index >= 15 is 0 Å². The number of nitrogens with zero attached hydrogens (tertiary/aromatic N) is 1. The zero-order valence-electron chi connectivity index (χ0n) is 7.41. The van der Waals surface area contributed by atoms with Gasteiger partial charge in [-0.05, 0) is 0 Å². The van der Waals surface area contributed by atoms with Crippen LogP contribution in [0.2, 0.25) is 0 Å². The van der Waals surface area contributed by atoms with Crippen LogP contribution >= 0.6 is 0 Å². The Morgan fingerprint density at radius 1 is 1.79 bits per heavy atom. The number of amides is 3. The van der Waals surface area contributed by atoms with Gasteiger partial charge in [0.15, 0.2) is 0 Å². The molecule has 0 radical (unpaired) electrons. The topological polar surface area (TPSA) is 99.3 Å². The maximum atomic E-state index is 11.2. The van der Waals surface area contributed by atoms with Crippen LogP contribution in [0.5, 0.6) is 0 Å². The lowest BCUT2D eigenvalue weighted by molar-refractivity contribution is -0.118. The Morgan fingerprint density at radius 3 is 2.93 bits per heavy atom.